The van der Waals surface area contributed by atoms with Gasteiger partial charge in [0.25, 0.3) is 0 Å². The van der Waals surface area contributed by atoms with Crippen LogP contribution in [0.2, 0.25) is 0 Å². The maximum absolute atomic E-state index is 2.23. The topological polar surface area (TPSA) is 0 Å². The van der Waals surface area contributed by atoms with Crippen LogP contribution in [0.15, 0.2) is 364 Å². The molecule has 12 rings (SSSR count). The van der Waals surface area contributed by atoms with Crippen LogP contribution in [-0.2, 0) is 19.5 Å². The summed E-state index contributed by atoms with van der Waals surface area (Å²) < 4.78 is 0. The Labute approximate surface area is 479 Å². The molecular weight excluding hydrogens is 1090 g/mol. The minimum absolute atomic E-state index is 0. The molecule has 0 heterocycles. The van der Waals surface area contributed by atoms with Crippen LogP contribution in [-0.4, -0.2) is 0 Å². The van der Waals surface area contributed by atoms with Crippen LogP contribution in [0.25, 0.3) is 0 Å². The van der Waals surface area contributed by atoms with Crippen molar-refractivity contribution >= 4 is 95.3 Å². The van der Waals surface area contributed by atoms with Crippen molar-refractivity contribution in [3.8, 4) is 0 Å². The van der Waals surface area contributed by atoms with Gasteiger partial charge in [0, 0.05) is 0 Å². The fourth-order valence-corrected chi connectivity index (χ4v) is 17.9. The van der Waals surface area contributed by atoms with E-state index in [0.717, 1.165) is 0 Å². The summed E-state index contributed by atoms with van der Waals surface area (Å²) in [6.45, 7) is 0. The maximum atomic E-state index is 2.23. The molecule has 12 aromatic carbocycles. The Hall–Kier alpha value is -7.02. The summed E-state index contributed by atoms with van der Waals surface area (Å²) in [5, 5.41) is 16.8. The molecule has 0 spiro atoms. The summed E-state index contributed by atoms with van der Waals surface area (Å²) in [5.74, 6) is 0. The molecule has 0 atom stereocenters. The van der Waals surface area contributed by atoms with E-state index in [2.05, 4.69) is 364 Å². The van der Waals surface area contributed by atoms with E-state index < -0.39 is 31.7 Å². The van der Waals surface area contributed by atoms with E-state index in [1.807, 2.05) is 0 Å². The zero-order valence-electron chi connectivity index (χ0n) is 45.8. The molecule has 0 saturated carbocycles. The second kappa shape index (κ2) is 31.3. The minimum Gasteiger partial charge on any atom is -1.00 e. The summed E-state index contributed by atoms with van der Waals surface area (Å²) in [7, 11) is -1.78. The van der Waals surface area contributed by atoms with E-state index in [1.165, 1.54) is 63.7 Å². The van der Waals surface area contributed by atoms with E-state index in [0.29, 0.717) is 0 Å². The van der Waals surface area contributed by atoms with Gasteiger partial charge in [-0.25, -0.2) is 0 Å². The molecule has 5 heteroatoms. The number of hydrogen-bond donors (Lipinski definition) is 0. The minimum atomic E-state index is -0.446. The van der Waals surface area contributed by atoms with Crippen molar-refractivity contribution in [2.45, 2.75) is 0 Å². The standard InChI is InChI=1S/4C18H15P.Rh.3H/c4*1-4-10-16(11-5-1)19(17-12-6-2-7-13-17)18-14-8-3-9-15-18;;;;/h4*1-15H;;;;/q;;;;+3;3*-1. The van der Waals surface area contributed by atoms with Gasteiger partial charge in [-0.15, -0.1) is 0 Å². The van der Waals surface area contributed by atoms with Crippen LogP contribution >= 0.6 is 31.7 Å². The van der Waals surface area contributed by atoms with E-state index in [-0.39, 0.29) is 23.8 Å². The predicted octanol–water partition coefficient (Wildman–Crippen LogP) is 14.1. The Morgan fingerprint density at radius 2 is 0.182 bits per heavy atom. The smallest absolute Gasteiger partial charge is 1.00 e. The van der Waals surface area contributed by atoms with Gasteiger partial charge in [-0.1, -0.05) is 364 Å². The zero-order chi connectivity index (χ0) is 51.7. The average molecular weight is 1160 g/mol. The van der Waals surface area contributed by atoms with Gasteiger partial charge >= 0.3 is 19.5 Å². The van der Waals surface area contributed by atoms with Crippen molar-refractivity contribution in [2.75, 3.05) is 0 Å². The van der Waals surface area contributed by atoms with Gasteiger partial charge < -0.3 is 4.28 Å². The van der Waals surface area contributed by atoms with Gasteiger partial charge in [-0.3, -0.25) is 0 Å². The molecule has 0 radical (unpaired) electrons. The van der Waals surface area contributed by atoms with Crippen molar-refractivity contribution in [3.05, 3.63) is 364 Å². The first-order valence-electron chi connectivity index (χ1n) is 25.6. The Morgan fingerprint density at radius 3 is 0.247 bits per heavy atom. The summed E-state index contributed by atoms with van der Waals surface area (Å²) in [6.07, 6.45) is 0. The van der Waals surface area contributed by atoms with Crippen LogP contribution in [0.1, 0.15) is 4.28 Å². The molecule has 0 N–H and O–H groups in total. The van der Waals surface area contributed by atoms with Crippen molar-refractivity contribution in [3.63, 3.8) is 0 Å². The van der Waals surface area contributed by atoms with Gasteiger partial charge in [-0.05, 0) is 95.3 Å². The molecule has 0 aliphatic heterocycles. The van der Waals surface area contributed by atoms with Crippen LogP contribution in [0.5, 0.6) is 0 Å². The fraction of sp³-hybridized carbons (Fsp3) is 0. The largest absolute Gasteiger partial charge is 3.00 e. The van der Waals surface area contributed by atoms with Gasteiger partial charge in [0.05, 0.1) is 0 Å². The Kier molecular flexibility index (Phi) is 22.8. The molecule has 0 nitrogen and oxygen atoms in total. The summed E-state index contributed by atoms with van der Waals surface area (Å²) in [5.41, 5.74) is 0. The molecule has 0 fully saturated rings. The van der Waals surface area contributed by atoms with E-state index in [1.54, 1.807) is 0 Å². The van der Waals surface area contributed by atoms with Crippen LogP contribution in [0.4, 0.5) is 0 Å². The molecule has 0 saturated heterocycles. The normalized spacial score (nSPS) is 10.4. The van der Waals surface area contributed by atoms with Crippen LogP contribution in [0, 0.1) is 0 Å². The van der Waals surface area contributed by atoms with Crippen LogP contribution < -0.4 is 63.7 Å². The van der Waals surface area contributed by atoms with E-state index in [9.17, 15) is 0 Å². The Bertz CT molecular complexity index is 2600. The van der Waals surface area contributed by atoms with Gasteiger partial charge in [0.1, 0.15) is 0 Å². The SMILES string of the molecule is [H-].[H-].[H-].[Rh+3].c1ccc(P(c2ccccc2)c2ccccc2)cc1.c1ccc(P(c2ccccc2)c2ccccc2)cc1.c1ccc(P(c2ccccc2)c2ccccc2)cc1.c1ccc(P(c2ccccc2)c2ccccc2)cc1. The van der Waals surface area contributed by atoms with Crippen molar-refractivity contribution < 1.29 is 23.8 Å². The number of rotatable bonds is 12. The molecule has 380 valence electrons. The molecule has 0 unspecified atom stereocenters. The zero-order valence-corrected chi connectivity index (χ0v) is 48.0. The molecule has 0 aliphatic rings. The summed E-state index contributed by atoms with van der Waals surface area (Å²) >= 11 is 0. The molecular formula is C72H63P4Rh. The monoisotopic (exact) mass is 1150 g/mol. The van der Waals surface area contributed by atoms with Gasteiger partial charge in [-0.2, -0.15) is 0 Å². The molecule has 0 bridgehead atoms. The number of benzene rings is 12. The molecule has 0 amide bonds. The maximum Gasteiger partial charge on any atom is 3.00 e. The van der Waals surface area contributed by atoms with E-state index in [4.69, 9.17) is 0 Å². The predicted molar refractivity (Wildman–Crippen MR) is 344 cm³/mol. The second-order valence-electron chi connectivity index (χ2n) is 17.4. The van der Waals surface area contributed by atoms with Gasteiger partial charge in [0.2, 0.25) is 0 Å². The number of hydrogen-bond acceptors (Lipinski definition) is 0. The first-order chi connectivity index (χ1) is 37.8. The average Bonchev–Trinajstić information content (AvgIpc) is 3.52. The first-order valence-corrected chi connectivity index (χ1v) is 31.0. The van der Waals surface area contributed by atoms with Gasteiger partial charge in [0.15, 0.2) is 0 Å². The third kappa shape index (κ3) is 16.5. The summed E-state index contributed by atoms with van der Waals surface area (Å²) in [4.78, 5) is 0. The van der Waals surface area contributed by atoms with Crippen molar-refractivity contribution in [2.24, 2.45) is 0 Å². The third-order valence-electron chi connectivity index (χ3n) is 12.2. The molecule has 0 aromatic heterocycles. The van der Waals surface area contributed by atoms with E-state index >= 15 is 0 Å². The molecule has 0 aliphatic carbocycles. The fourth-order valence-electron chi connectivity index (χ4n) is 8.71. The second-order valence-corrected chi connectivity index (χ2v) is 26.2. The Balaban J connectivity index is 0.000000193. The van der Waals surface area contributed by atoms with Crippen molar-refractivity contribution in [1.29, 1.82) is 0 Å². The van der Waals surface area contributed by atoms with Crippen molar-refractivity contribution in [1.82, 2.24) is 0 Å². The quantitative estimate of drug-likeness (QED) is 0.0845. The molecule has 77 heavy (non-hydrogen) atoms. The Morgan fingerprint density at radius 1 is 0.117 bits per heavy atom. The summed E-state index contributed by atoms with van der Waals surface area (Å²) in [6, 6.07) is 129. The third-order valence-corrected chi connectivity index (χ3v) is 21.9. The first kappa shape index (κ1) is 56.2. The molecule has 12 aromatic rings. The van der Waals surface area contributed by atoms with Crippen LogP contribution in [0.3, 0.4) is 0 Å².